The van der Waals surface area contributed by atoms with Gasteiger partial charge in [-0.15, -0.1) is 0 Å². The van der Waals surface area contributed by atoms with Crippen LogP contribution < -0.4 is 4.90 Å². The summed E-state index contributed by atoms with van der Waals surface area (Å²) in [6.45, 7) is 11.0. The van der Waals surface area contributed by atoms with Crippen LogP contribution in [0.15, 0.2) is 60.7 Å². The highest BCUT2D eigenvalue weighted by molar-refractivity contribution is 5.94. The molecule has 1 heterocycles. The lowest BCUT2D eigenvalue weighted by Crippen LogP contribution is -2.43. The monoisotopic (exact) mass is 525 g/mol. The molecule has 2 aromatic rings. The highest BCUT2D eigenvalue weighted by Gasteiger charge is 2.26. The summed E-state index contributed by atoms with van der Waals surface area (Å²) in [6, 6.07) is 15.8. The highest BCUT2D eigenvalue weighted by Crippen LogP contribution is 2.34. The number of amides is 1. The first-order valence-electron chi connectivity index (χ1n) is 13.0. The molecule has 1 aliphatic heterocycles. The van der Waals surface area contributed by atoms with Gasteiger partial charge in [-0.25, -0.2) is 9.59 Å². The van der Waals surface area contributed by atoms with Gasteiger partial charge in [0.05, 0.1) is 0 Å². The molecule has 0 aromatic heterocycles. The van der Waals surface area contributed by atoms with Crippen LogP contribution in [-0.2, 0) is 9.59 Å². The fourth-order valence-electron chi connectivity index (χ4n) is 4.53. The van der Waals surface area contributed by atoms with Crippen molar-refractivity contribution in [1.82, 2.24) is 9.80 Å². The Labute approximate surface area is 224 Å². The van der Waals surface area contributed by atoms with Gasteiger partial charge in [0, 0.05) is 67.4 Å². The number of phenols is 1. The molecule has 1 amide bonds. The molecular weight excluding hydrogens is 486 g/mol. The molecule has 0 radical (unpaired) electrons. The minimum absolute atomic E-state index is 0.0725. The Morgan fingerprint density at radius 2 is 1.47 bits per heavy atom. The highest BCUT2D eigenvalue weighted by atomic mass is 16.4. The molecule has 2 aromatic carbocycles. The van der Waals surface area contributed by atoms with Crippen LogP contribution in [0.5, 0.6) is 5.75 Å². The Balaban J connectivity index is 0.000000550. The number of piperidine rings is 1. The maximum Gasteiger partial charge on any atom is 0.328 e. The number of carbonyl (C=O) groups is 3. The molecular formula is C29H39N3O6. The van der Waals surface area contributed by atoms with Crippen LogP contribution in [0.4, 0.5) is 11.4 Å². The maximum atomic E-state index is 12.7. The molecule has 0 unspecified atom stereocenters. The van der Waals surface area contributed by atoms with Gasteiger partial charge in [0.15, 0.2) is 0 Å². The van der Waals surface area contributed by atoms with Crippen molar-refractivity contribution >= 4 is 29.2 Å². The summed E-state index contributed by atoms with van der Waals surface area (Å²) in [5.41, 5.74) is 2.77. The summed E-state index contributed by atoms with van der Waals surface area (Å²) in [5, 5.41) is 25.7. The number of aliphatic carboxylic acids is 2. The number of phenolic OH excluding ortho intramolecular Hbond substituents is 1. The van der Waals surface area contributed by atoms with Crippen molar-refractivity contribution in [2.75, 3.05) is 37.6 Å². The number of hydrogen-bond acceptors (Lipinski definition) is 6. The third-order valence-electron chi connectivity index (χ3n) is 6.38. The molecule has 9 nitrogen and oxygen atoms in total. The standard InChI is InChI=1S/C25H35N3O2.C4H4O4/c1-4-16-26-17-14-22(15-18-26)28(23-8-7-9-24(29)19-23)21-12-10-20(11-13-21)25(30)27(5-2)6-3;5-3(6)1-2-4(7)8/h7-13,19,22,29H,4-6,14-18H2,1-3H3;1-2H,(H,5,6)(H,7,8). The van der Waals surface area contributed by atoms with E-state index >= 15 is 0 Å². The summed E-state index contributed by atoms with van der Waals surface area (Å²) in [6.07, 6.45) is 4.46. The first-order valence-corrected chi connectivity index (χ1v) is 13.0. The lowest BCUT2D eigenvalue weighted by molar-refractivity contribution is -0.134. The molecule has 3 rings (SSSR count). The van der Waals surface area contributed by atoms with Gasteiger partial charge < -0.3 is 30.0 Å². The van der Waals surface area contributed by atoms with E-state index in [9.17, 15) is 19.5 Å². The van der Waals surface area contributed by atoms with Gasteiger partial charge in [0.25, 0.3) is 5.91 Å². The van der Waals surface area contributed by atoms with Crippen molar-refractivity contribution in [2.24, 2.45) is 0 Å². The number of benzene rings is 2. The molecule has 0 aliphatic carbocycles. The van der Waals surface area contributed by atoms with Crippen molar-refractivity contribution in [3.8, 4) is 5.75 Å². The molecule has 1 saturated heterocycles. The van der Waals surface area contributed by atoms with Crippen molar-refractivity contribution in [3.63, 3.8) is 0 Å². The Morgan fingerprint density at radius 3 is 1.95 bits per heavy atom. The molecule has 3 N–H and O–H groups in total. The number of carboxylic acids is 2. The molecule has 1 aliphatic rings. The Kier molecular flexibility index (Phi) is 12.3. The van der Waals surface area contributed by atoms with Crippen LogP contribution in [0.1, 0.15) is 50.4 Å². The predicted octanol–water partition coefficient (Wildman–Crippen LogP) is 4.60. The first-order chi connectivity index (χ1) is 18.2. The average molecular weight is 526 g/mol. The number of nitrogens with zero attached hydrogens (tertiary/aromatic N) is 3. The van der Waals surface area contributed by atoms with E-state index in [1.807, 2.05) is 61.2 Å². The quantitative estimate of drug-likeness (QED) is 0.385. The summed E-state index contributed by atoms with van der Waals surface area (Å²) < 4.78 is 0. The number of anilines is 2. The number of carboxylic acid groups (broad SMARTS) is 2. The number of hydrogen-bond donors (Lipinski definition) is 3. The second-order valence-electron chi connectivity index (χ2n) is 9.00. The van der Waals surface area contributed by atoms with Crippen molar-refractivity contribution in [1.29, 1.82) is 0 Å². The van der Waals surface area contributed by atoms with Crippen LogP contribution in [0.25, 0.3) is 0 Å². The number of rotatable bonds is 10. The SMILES string of the molecule is CCCN1CCC(N(c2ccc(C(=O)N(CC)CC)cc2)c2cccc(O)c2)CC1.O=C(O)C=CC(=O)O. The lowest BCUT2D eigenvalue weighted by atomic mass is 10.0. The van der Waals surface area contributed by atoms with E-state index in [4.69, 9.17) is 10.2 Å². The predicted molar refractivity (Wildman–Crippen MR) is 148 cm³/mol. The second kappa shape index (κ2) is 15.4. The molecule has 38 heavy (non-hydrogen) atoms. The van der Waals surface area contributed by atoms with Gasteiger partial charge in [-0.2, -0.15) is 0 Å². The third-order valence-corrected chi connectivity index (χ3v) is 6.38. The van der Waals surface area contributed by atoms with E-state index in [1.54, 1.807) is 6.07 Å². The molecule has 9 heteroatoms. The summed E-state index contributed by atoms with van der Waals surface area (Å²) in [7, 11) is 0. The third kappa shape index (κ3) is 9.23. The molecule has 0 saturated carbocycles. The van der Waals surface area contributed by atoms with E-state index in [0.717, 1.165) is 49.4 Å². The van der Waals surface area contributed by atoms with Crippen molar-refractivity contribution < 1.29 is 29.7 Å². The molecule has 206 valence electrons. The zero-order valence-corrected chi connectivity index (χ0v) is 22.4. The van der Waals surface area contributed by atoms with Crippen LogP contribution in [0, 0.1) is 0 Å². The topological polar surface area (TPSA) is 122 Å². The Morgan fingerprint density at radius 1 is 0.895 bits per heavy atom. The van der Waals surface area contributed by atoms with Crippen LogP contribution in [-0.4, -0.2) is 81.7 Å². The van der Waals surface area contributed by atoms with Crippen LogP contribution >= 0.6 is 0 Å². The molecule has 1 fully saturated rings. The van der Waals surface area contributed by atoms with Gasteiger partial charge in [-0.1, -0.05) is 13.0 Å². The molecule has 0 bridgehead atoms. The normalized spacial score (nSPS) is 14.0. The van der Waals surface area contributed by atoms with Gasteiger partial charge >= 0.3 is 11.9 Å². The van der Waals surface area contributed by atoms with Crippen molar-refractivity contribution in [2.45, 2.75) is 46.1 Å². The van der Waals surface area contributed by atoms with Crippen molar-refractivity contribution in [3.05, 3.63) is 66.2 Å². The summed E-state index contributed by atoms with van der Waals surface area (Å²) in [5.74, 6) is -2.17. The molecule has 0 spiro atoms. The van der Waals surface area contributed by atoms with E-state index in [-0.39, 0.29) is 11.7 Å². The zero-order chi connectivity index (χ0) is 28.1. The van der Waals surface area contributed by atoms with Gasteiger partial charge in [0.2, 0.25) is 0 Å². The van der Waals surface area contributed by atoms with Gasteiger partial charge in [0.1, 0.15) is 5.75 Å². The summed E-state index contributed by atoms with van der Waals surface area (Å²) in [4.78, 5) is 38.5. The fraction of sp³-hybridized carbons (Fsp3) is 0.414. The lowest BCUT2D eigenvalue weighted by Gasteiger charge is -2.40. The number of aromatic hydroxyl groups is 1. The van der Waals surface area contributed by atoms with Gasteiger partial charge in [-0.05, 0) is 76.1 Å². The number of carbonyl (C=O) groups excluding carboxylic acids is 1. The Hall–Kier alpha value is -3.85. The Bertz CT molecular complexity index is 1060. The fourth-order valence-corrected chi connectivity index (χ4v) is 4.53. The van der Waals surface area contributed by atoms with E-state index in [2.05, 4.69) is 16.7 Å². The first kappa shape index (κ1) is 30.4. The summed E-state index contributed by atoms with van der Waals surface area (Å²) >= 11 is 0. The van der Waals surface area contributed by atoms with E-state index in [0.29, 0.717) is 31.3 Å². The van der Waals surface area contributed by atoms with Crippen LogP contribution in [0.2, 0.25) is 0 Å². The van der Waals surface area contributed by atoms with E-state index < -0.39 is 11.9 Å². The average Bonchev–Trinajstić information content (AvgIpc) is 2.90. The largest absolute Gasteiger partial charge is 0.508 e. The minimum atomic E-state index is -1.26. The molecule has 0 atom stereocenters. The van der Waals surface area contributed by atoms with Gasteiger partial charge in [-0.3, -0.25) is 4.79 Å². The van der Waals surface area contributed by atoms with E-state index in [1.165, 1.54) is 6.42 Å². The maximum absolute atomic E-state index is 12.7. The van der Waals surface area contributed by atoms with Crippen LogP contribution in [0.3, 0.4) is 0 Å². The second-order valence-corrected chi connectivity index (χ2v) is 9.00. The number of likely N-dealkylation sites (tertiary alicyclic amines) is 1. The minimum Gasteiger partial charge on any atom is -0.508 e. The smallest absolute Gasteiger partial charge is 0.328 e. The zero-order valence-electron chi connectivity index (χ0n) is 22.4.